The lowest BCUT2D eigenvalue weighted by molar-refractivity contribution is -0.122. The van der Waals surface area contributed by atoms with Crippen LogP contribution in [0.5, 0.6) is 0 Å². The smallest absolute Gasteiger partial charge is 0.267 e. The first-order chi connectivity index (χ1) is 13.1. The van der Waals surface area contributed by atoms with E-state index >= 15 is 0 Å². The number of pyridine rings is 1. The highest BCUT2D eigenvalue weighted by molar-refractivity contribution is 8.26. The van der Waals surface area contributed by atoms with E-state index in [-0.39, 0.29) is 11.5 Å². The molecule has 0 aromatic carbocycles. The number of amides is 1. The summed E-state index contributed by atoms with van der Waals surface area (Å²) in [5.74, 6) is 0.351. The van der Waals surface area contributed by atoms with Crippen LogP contribution in [0.3, 0.4) is 0 Å². The summed E-state index contributed by atoms with van der Waals surface area (Å²) in [4.78, 5) is 32.4. The van der Waals surface area contributed by atoms with E-state index in [0.29, 0.717) is 39.3 Å². The molecular formula is C19H22N4O2S2. The van der Waals surface area contributed by atoms with Crippen LogP contribution < -0.4 is 10.9 Å². The molecule has 0 unspecified atom stereocenters. The second-order valence-corrected chi connectivity index (χ2v) is 7.90. The van der Waals surface area contributed by atoms with Crippen LogP contribution in [-0.2, 0) is 4.79 Å². The number of anilines is 1. The van der Waals surface area contributed by atoms with Gasteiger partial charge in [-0.05, 0) is 31.1 Å². The lowest BCUT2D eigenvalue weighted by Crippen LogP contribution is -2.29. The maximum Gasteiger partial charge on any atom is 0.267 e. The number of nitrogens with zero attached hydrogens (tertiary/aromatic N) is 3. The number of thiocarbonyl (C=S) groups is 1. The molecule has 0 saturated carbocycles. The Morgan fingerprint density at radius 1 is 1.26 bits per heavy atom. The van der Waals surface area contributed by atoms with Gasteiger partial charge in [0.15, 0.2) is 0 Å². The molecule has 1 aliphatic heterocycles. The van der Waals surface area contributed by atoms with Gasteiger partial charge in [-0.2, -0.15) is 0 Å². The molecule has 8 heteroatoms. The zero-order chi connectivity index (χ0) is 19.4. The van der Waals surface area contributed by atoms with E-state index in [0.717, 1.165) is 19.3 Å². The fraction of sp³-hybridized carbons (Fsp3) is 0.368. The third-order valence-corrected chi connectivity index (χ3v) is 5.57. The van der Waals surface area contributed by atoms with E-state index < -0.39 is 0 Å². The fourth-order valence-corrected chi connectivity index (χ4v) is 4.04. The number of carbonyl (C=O) groups excluding carboxylic acids is 1. The Bertz CT molecular complexity index is 968. The Morgan fingerprint density at radius 3 is 2.81 bits per heavy atom. The van der Waals surface area contributed by atoms with Gasteiger partial charge in [0, 0.05) is 19.3 Å². The summed E-state index contributed by atoms with van der Waals surface area (Å²) in [6, 6.07) is 5.40. The van der Waals surface area contributed by atoms with Gasteiger partial charge in [-0.3, -0.25) is 18.9 Å². The van der Waals surface area contributed by atoms with Crippen molar-refractivity contribution >= 4 is 51.7 Å². The Morgan fingerprint density at radius 2 is 2.07 bits per heavy atom. The first-order valence-electron chi connectivity index (χ1n) is 9.07. The fourth-order valence-electron chi connectivity index (χ4n) is 2.75. The molecule has 0 bridgehead atoms. The van der Waals surface area contributed by atoms with Crippen molar-refractivity contribution in [1.29, 1.82) is 0 Å². The first kappa shape index (κ1) is 19.6. The number of nitrogens with one attached hydrogen (secondary N) is 1. The van der Waals surface area contributed by atoms with E-state index in [2.05, 4.69) is 17.2 Å². The van der Waals surface area contributed by atoms with Gasteiger partial charge >= 0.3 is 0 Å². The summed E-state index contributed by atoms with van der Waals surface area (Å²) in [5.41, 5.74) is 0.731. The Labute approximate surface area is 167 Å². The third-order valence-electron chi connectivity index (χ3n) is 4.20. The molecule has 1 saturated heterocycles. The van der Waals surface area contributed by atoms with Gasteiger partial charge in [0.05, 0.1) is 10.5 Å². The molecule has 27 heavy (non-hydrogen) atoms. The number of rotatable bonds is 7. The Hall–Kier alpha value is -2.19. The minimum Gasteiger partial charge on any atom is -0.369 e. The van der Waals surface area contributed by atoms with E-state index in [1.807, 2.05) is 13.0 Å². The summed E-state index contributed by atoms with van der Waals surface area (Å²) in [7, 11) is 0. The molecule has 6 nitrogen and oxygen atoms in total. The summed E-state index contributed by atoms with van der Waals surface area (Å²) in [6.07, 6.45) is 6.07. The SMILES string of the molecule is CCCCN1C(=O)/C(=C/c2c(NCCC)nc3ccccn3c2=O)SC1=S. The number of hydrogen-bond acceptors (Lipinski definition) is 6. The van der Waals surface area contributed by atoms with Gasteiger partial charge in [-0.25, -0.2) is 4.98 Å². The second-order valence-electron chi connectivity index (χ2n) is 6.22. The lowest BCUT2D eigenvalue weighted by atomic mass is 10.2. The Kier molecular flexibility index (Phi) is 6.28. The zero-order valence-electron chi connectivity index (χ0n) is 15.4. The van der Waals surface area contributed by atoms with Gasteiger partial charge in [0.2, 0.25) is 0 Å². The van der Waals surface area contributed by atoms with E-state index in [4.69, 9.17) is 12.2 Å². The van der Waals surface area contributed by atoms with Crippen LogP contribution in [-0.4, -0.2) is 37.6 Å². The molecule has 1 N–H and O–H groups in total. The van der Waals surface area contributed by atoms with Crippen molar-refractivity contribution in [2.45, 2.75) is 33.1 Å². The van der Waals surface area contributed by atoms with Crippen molar-refractivity contribution in [2.75, 3.05) is 18.4 Å². The molecule has 1 fully saturated rings. The van der Waals surface area contributed by atoms with Crippen LogP contribution in [0.15, 0.2) is 34.1 Å². The van der Waals surface area contributed by atoms with Crippen molar-refractivity contribution in [2.24, 2.45) is 0 Å². The van der Waals surface area contributed by atoms with Gasteiger partial charge in [0.1, 0.15) is 15.8 Å². The molecule has 142 valence electrons. The van der Waals surface area contributed by atoms with Gasteiger partial charge in [-0.1, -0.05) is 50.3 Å². The van der Waals surface area contributed by atoms with Crippen molar-refractivity contribution in [3.63, 3.8) is 0 Å². The van der Waals surface area contributed by atoms with Gasteiger partial charge in [0.25, 0.3) is 11.5 Å². The summed E-state index contributed by atoms with van der Waals surface area (Å²) < 4.78 is 2.03. The molecule has 3 heterocycles. The number of hydrogen-bond donors (Lipinski definition) is 1. The molecule has 0 radical (unpaired) electrons. The number of carbonyl (C=O) groups is 1. The summed E-state index contributed by atoms with van der Waals surface area (Å²) >= 11 is 6.59. The molecular weight excluding hydrogens is 380 g/mol. The monoisotopic (exact) mass is 402 g/mol. The van der Waals surface area contributed by atoms with Crippen molar-refractivity contribution in [3.8, 4) is 0 Å². The molecule has 0 spiro atoms. The highest BCUT2D eigenvalue weighted by atomic mass is 32.2. The minimum absolute atomic E-state index is 0.141. The van der Waals surface area contributed by atoms with E-state index in [1.54, 1.807) is 29.3 Å². The number of aromatic nitrogens is 2. The average molecular weight is 403 g/mol. The molecule has 0 atom stereocenters. The van der Waals surface area contributed by atoms with Crippen LogP contribution in [0.2, 0.25) is 0 Å². The highest BCUT2D eigenvalue weighted by Gasteiger charge is 2.32. The van der Waals surface area contributed by atoms with Crippen LogP contribution in [0.4, 0.5) is 5.82 Å². The highest BCUT2D eigenvalue weighted by Crippen LogP contribution is 2.33. The summed E-state index contributed by atoms with van der Waals surface area (Å²) in [5, 5.41) is 3.21. The molecule has 2 aromatic rings. The minimum atomic E-state index is -0.210. The maximum atomic E-state index is 13.0. The largest absolute Gasteiger partial charge is 0.369 e. The molecule has 1 amide bonds. The summed E-state index contributed by atoms with van der Waals surface area (Å²) in [6.45, 7) is 5.41. The van der Waals surface area contributed by atoms with Crippen LogP contribution in [0, 0.1) is 0 Å². The topological polar surface area (TPSA) is 66.7 Å². The van der Waals surface area contributed by atoms with Gasteiger partial charge < -0.3 is 5.32 Å². The maximum absolute atomic E-state index is 13.0. The average Bonchev–Trinajstić information content (AvgIpc) is 2.94. The van der Waals surface area contributed by atoms with Crippen LogP contribution in [0.1, 0.15) is 38.7 Å². The van der Waals surface area contributed by atoms with E-state index in [9.17, 15) is 9.59 Å². The van der Waals surface area contributed by atoms with Crippen molar-refractivity contribution in [1.82, 2.24) is 14.3 Å². The second kappa shape index (κ2) is 8.67. The molecule has 0 aliphatic carbocycles. The quantitative estimate of drug-likeness (QED) is 0.565. The van der Waals surface area contributed by atoms with Crippen LogP contribution >= 0.6 is 24.0 Å². The van der Waals surface area contributed by atoms with Crippen molar-refractivity contribution in [3.05, 3.63) is 45.2 Å². The predicted octanol–water partition coefficient (Wildman–Crippen LogP) is 3.52. The number of unbranched alkanes of at least 4 members (excludes halogenated alkanes) is 1. The molecule has 2 aromatic heterocycles. The van der Waals surface area contributed by atoms with Crippen LogP contribution in [0.25, 0.3) is 11.7 Å². The van der Waals surface area contributed by atoms with Crippen molar-refractivity contribution < 1.29 is 4.79 Å². The third kappa shape index (κ3) is 4.06. The van der Waals surface area contributed by atoms with Gasteiger partial charge in [-0.15, -0.1) is 0 Å². The lowest BCUT2D eigenvalue weighted by Gasteiger charge is -2.13. The molecule has 3 rings (SSSR count). The normalized spacial score (nSPS) is 15.9. The zero-order valence-corrected chi connectivity index (χ0v) is 17.0. The first-order valence-corrected chi connectivity index (χ1v) is 10.3. The molecule has 1 aliphatic rings. The Balaban J connectivity index is 2.06. The number of thioether (sulfide) groups is 1. The standard InChI is InChI=1S/C19H22N4O2S2/c1-3-5-10-23-18(25)14(27-19(23)26)12-13-16(20-9-4-2)21-15-8-6-7-11-22(15)17(13)24/h6-8,11-12,20H,3-5,9-10H2,1-2H3/b14-12-. The van der Waals surface area contributed by atoms with E-state index in [1.165, 1.54) is 16.2 Å². The predicted molar refractivity (Wildman–Crippen MR) is 115 cm³/mol. The number of fused-ring (bicyclic) bond motifs is 1.